The maximum Gasteiger partial charge on any atom is 0.292 e. The molecule has 6 heteroatoms. The zero-order valence-corrected chi connectivity index (χ0v) is 10.7. The highest BCUT2D eigenvalue weighted by Gasteiger charge is 2.11. The van der Waals surface area contributed by atoms with Crippen molar-refractivity contribution >= 4 is 11.4 Å². The van der Waals surface area contributed by atoms with Crippen LogP contribution in [0.4, 0.5) is 11.4 Å². The molecule has 0 heterocycles. The molecule has 0 unspecified atom stereocenters. The standard InChI is InChI=1S/C14H14N2O4/c15-13-9-12(5-6-14(13)16(18)19)20-11-3-1-10(2-4-11)7-8-17/h1-6,9,17H,7-8,15H2. The molecule has 0 aliphatic rings. The molecule has 0 saturated heterocycles. The van der Waals surface area contributed by atoms with E-state index in [2.05, 4.69) is 0 Å². The molecule has 2 rings (SSSR count). The summed E-state index contributed by atoms with van der Waals surface area (Å²) in [5.74, 6) is 1.03. The molecule has 20 heavy (non-hydrogen) atoms. The largest absolute Gasteiger partial charge is 0.457 e. The average molecular weight is 274 g/mol. The van der Waals surface area contributed by atoms with Gasteiger partial charge in [-0.15, -0.1) is 0 Å². The van der Waals surface area contributed by atoms with Gasteiger partial charge in [0.1, 0.15) is 17.2 Å². The highest BCUT2D eigenvalue weighted by molar-refractivity contribution is 5.61. The first-order chi connectivity index (χ1) is 9.60. The van der Waals surface area contributed by atoms with Gasteiger partial charge in [0.15, 0.2) is 0 Å². The van der Waals surface area contributed by atoms with Gasteiger partial charge in [-0.2, -0.15) is 0 Å². The molecular formula is C14H14N2O4. The molecule has 0 aliphatic heterocycles. The van der Waals surface area contributed by atoms with E-state index < -0.39 is 4.92 Å². The van der Waals surface area contributed by atoms with E-state index in [4.69, 9.17) is 15.6 Å². The van der Waals surface area contributed by atoms with Crippen LogP contribution in [0.15, 0.2) is 42.5 Å². The maximum absolute atomic E-state index is 10.7. The summed E-state index contributed by atoms with van der Waals surface area (Å²) in [6, 6.07) is 11.5. The first-order valence-corrected chi connectivity index (χ1v) is 6.01. The molecule has 0 bridgehead atoms. The van der Waals surface area contributed by atoms with Crippen LogP contribution in [0, 0.1) is 10.1 Å². The lowest BCUT2D eigenvalue weighted by atomic mass is 10.1. The van der Waals surface area contributed by atoms with E-state index in [-0.39, 0.29) is 18.0 Å². The van der Waals surface area contributed by atoms with Gasteiger partial charge in [0, 0.05) is 18.7 Å². The van der Waals surface area contributed by atoms with E-state index in [1.807, 2.05) is 12.1 Å². The summed E-state index contributed by atoms with van der Waals surface area (Å²) in [6.07, 6.45) is 0.588. The van der Waals surface area contributed by atoms with E-state index in [1.165, 1.54) is 18.2 Å². The highest BCUT2D eigenvalue weighted by Crippen LogP contribution is 2.29. The van der Waals surface area contributed by atoms with Crippen LogP contribution in [-0.2, 0) is 6.42 Å². The molecule has 2 aromatic carbocycles. The first-order valence-electron chi connectivity index (χ1n) is 6.01. The van der Waals surface area contributed by atoms with Crippen molar-refractivity contribution in [3.05, 3.63) is 58.1 Å². The monoisotopic (exact) mass is 274 g/mol. The van der Waals surface area contributed by atoms with E-state index in [1.54, 1.807) is 12.1 Å². The lowest BCUT2D eigenvalue weighted by Gasteiger charge is -2.07. The van der Waals surface area contributed by atoms with Crippen molar-refractivity contribution in [1.82, 2.24) is 0 Å². The number of ether oxygens (including phenoxy) is 1. The third-order valence-electron chi connectivity index (χ3n) is 2.76. The van der Waals surface area contributed by atoms with Crippen LogP contribution in [-0.4, -0.2) is 16.6 Å². The van der Waals surface area contributed by atoms with Crippen LogP contribution in [0.25, 0.3) is 0 Å². The number of benzene rings is 2. The van der Waals surface area contributed by atoms with Crippen molar-refractivity contribution in [2.24, 2.45) is 0 Å². The Morgan fingerprint density at radius 3 is 2.35 bits per heavy atom. The van der Waals surface area contributed by atoms with Crippen molar-refractivity contribution in [3.63, 3.8) is 0 Å². The minimum Gasteiger partial charge on any atom is -0.457 e. The summed E-state index contributed by atoms with van der Waals surface area (Å²) >= 11 is 0. The first kappa shape index (κ1) is 13.8. The van der Waals surface area contributed by atoms with Gasteiger partial charge >= 0.3 is 0 Å². The Labute approximate surface area is 115 Å². The number of nitrogens with two attached hydrogens (primary N) is 1. The van der Waals surface area contributed by atoms with Gasteiger partial charge in [-0.3, -0.25) is 10.1 Å². The number of hydrogen-bond acceptors (Lipinski definition) is 5. The topological polar surface area (TPSA) is 98.6 Å². The smallest absolute Gasteiger partial charge is 0.292 e. The Bertz CT molecular complexity index is 611. The molecule has 0 amide bonds. The molecule has 0 fully saturated rings. The van der Waals surface area contributed by atoms with Gasteiger partial charge in [0.05, 0.1) is 4.92 Å². The number of nitrogens with zero attached hydrogens (tertiary/aromatic N) is 1. The Morgan fingerprint density at radius 2 is 1.80 bits per heavy atom. The Balaban J connectivity index is 2.13. The fourth-order valence-electron chi connectivity index (χ4n) is 1.75. The number of rotatable bonds is 5. The van der Waals surface area contributed by atoms with Crippen LogP contribution < -0.4 is 10.5 Å². The summed E-state index contributed by atoms with van der Waals surface area (Å²) in [5.41, 5.74) is 6.51. The summed E-state index contributed by atoms with van der Waals surface area (Å²) in [6.45, 7) is 0.0963. The molecule has 0 atom stereocenters. The number of hydrogen-bond donors (Lipinski definition) is 2. The van der Waals surface area contributed by atoms with Crippen molar-refractivity contribution < 1.29 is 14.8 Å². The van der Waals surface area contributed by atoms with Crippen molar-refractivity contribution in [3.8, 4) is 11.5 Å². The summed E-state index contributed by atoms with van der Waals surface area (Å²) in [4.78, 5) is 10.1. The maximum atomic E-state index is 10.7. The van der Waals surface area contributed by atoms with Crippen LogP contribution in [0.3, 0.4) is 0 Å². The lowest BCUT2D eigenvalue weighted by Crippen LogP contribution is -1.96. The number of anilines is 1. The van der Waals surface area contributed by atoms with Crippen molar-refractivity contribution in [2.75, 3.05) is 12.3 Å². The van der Waals surface area contributed by atoms with Crippen molar-refractivity contribution in [2.45, 2.75) is 6.42 Å². The fraction of sp³-hybridized carbons (Fsp3) is 0.143. The zero-order chi connectivity index (χ0) is 14.5. The van der Waals surface area contributed by atoms with Crippen LogP contribution in [0.2, 0.25) is 0 Å². The minimum absolute atomic E-state index is 0.0596. The molecule has 0 aliphatic carbocycles. The Hall–Kier alpha value is -2.60. The number of nitrogen functional groups attached to an aromatic ring is 1. The molecule has 104 valence electrons. The Morgan fingerprint density at radius 1 is 1.15 bits per heavy atom. The highest BCUT2D eigenvalue weighted by atomic mass is 16.6. The van der Waals surface area contributed by atoms with Crippen LogP contribution in [0.5, 0.6) is 11.5 Å². The second-order valence-corrected chi connectivity index (χ2v) is 4.20. The number of aliphatic hydroxyl groups is 1. The third-order valence-corrected chi connectivity index (χ3v) is 2.76. The molecule has 0 aromatic heterocycles. The Kier molecular flexibility index (Phi) is 4.17. The number of aliphatic hydroxyl groups excluding tert-OH is 1. The van der Waals surface area contributed by atoms with Gasteiger partial charge in [-0.25, -0.2) is 0 Å². The summed E-state index contributed by atoms with van der Waals surface area (Å²) < 4.78 is 5.56. The normalized spacial score (nSPS) is 10.2. The second-order valence-electron chi connectivity index (χ2n) is 4.20. The van der Waals surface area contributed by atoms with Gasteiger partial charge in [0.2, 0.25) is 0 Å². The van der Waals surface area contributed by atoms with E-state index in [0.717, 1.165) is 5.56 Å². The minimum atomic E-state index is -0.539. The van der Waals surface area contributed by atoms with Crippen LogP contribution >= 0.6 is 0 Å². The predicted molar refractivity (Wildman–Crippen MR) is 74.8 cm³/mol. The van der Waals surface area contributed by atoms with E-state index in [0.29, 0.717) is 17.9 Å². The van der Waals surface area contributed by atoms with Crippen molar-refractivity contribution in [1.29, 1.82) is 0 Å². The molecule has 3 N–H and O–H groups in total. The van der Waals surface area contributed by atoms with Gasteiger partial charge < -0.3 is 15.6 Å². The number of nitro benzene ring substituents is 1. The molecule has 6 nitrogen and oxygen atoms in total. The number of nitro groups is 1. The van der Waals surface area contributed by atoms with Gasteiger partial charge in [0.25, 0.3) is 5.69 Å². The molecule has 2 aromatic rings. The fourth-order valence-corrected chi connectivity index (χ4v) is 1.75. The van der Waals surface area contributed by atoms with Gasteiger partial charge in [-0.05, 0) is 30.2 Å². The summed E-state index contributed by atoms with van der Waals surface area (Å²) in [7, 11) is 0. The summed E-state index contributed by atoms with van der Waals surface area (Å²) in [5, 5.41) is 19.5. The molecular weight excluding hydrogens is 260 g/mol. The quantitative estimate of drug-likeness (QED) is 0.496. The lowest BCUT2D eigenvalue weighted by molar-refractivity contribution is -0.383. The third kappa shape index (κ3) is 3.24. The van der Waals surface area contributed by atoms with Gasteiger partial charge in [-0.1, -0.05) is 12.1 Å². The average Bonchev–Trinajstić information content (AvgIpc) is 2.41. The van der Waals surface area contributed by atoms with E-state index in [9.17, 15) is 10.1 Å². The van der Waals surface area contributed by atoms with Crippen LogP contribution in [0.1, 0.15) is 5.56 Å². The second kappa shape index (κ2) is 6.03. The molecule has 0 saturated carbocycles. The van der Waals surface area contributed by atoms with E-state index >= 15 is 0 Å². The molecule has 0 spiro atoms. The molecule has 0 radical (unpaired) electrons. The predicted octanol–water partition coefficient (Wildman–Crippen LogP) is 2.50. The zero-order valence-electron chi connectivity index (χ0n) is 10.7. The SMILES string of the molecule is Nc1cc(Oc2ccc(CCO)cc2)ccc1[N+](=O)[O-].